The third-order valence-corrected chi connectivity index (χ3v) is 7.35. The predicted molar refractivity (Wildman–Crippen MR) is 121 cm³/mol. The van der Waals surface area contributed by atoms with Gasteiger partial charge in [-0.2, -0.15) is 3.71 Å². The van der Waals surface area contributed by atoms with Crippen LogP contribution in [0, 0.1) is 5.41 Å². The molecule has 174 valence electrons. The number of hydrogen-bond acceptors (Lipinski definition) is 10. The van der Waals surface area contributed by atoms with Crippen molar-refractivity contribution in [3.63, 3.8) is 0 Å². The van der Waals surface area contributed by atoms with Crippen molar-refractivity contribution in [2.45, 2.75) is 6.42 Å². The molecule has 0 aliphatic rings. The molecule has 0 fully saturated rings. The van der Waals surface area contributed by atoms with Crippen molar-refractivity contribution in [3.8, 4) is 0 Å². The zero-order valence-electron chi connectivity index (χ0n) is 17.0. The van der Waals surface area contributed by atoms with Gasteiger partial charge in [0.25, 0.3) is 5.91 Å². The molecule has 1 amide bonds. The lowest BCUT2D eigenvalue weighted by atomic mass is 10.1. The number of carbonyl (C=O) groups excluding carboxylic acids is 1. The Morgan fingerprint density at radius 2 is 1.62 bits per heavy atom. The predicted octanol–water partition coefficient (Wildman–Crippen LogP) is -0.483. The first-order valence-corrected chi connectivity index (χ1v) is 12.8. The molecule has 2 aromatic rings. The molecular formula is C16H21ClN8O5S2. The van der Waals surface area contributed by atoms with Crippen LogP contribution in [0.25, 0.3) is 0 Å². The minimum absolute atomic E-state index is 0.0208. The average molecular weight is 505 g/mol. The van der Waals surface area contributed by atoms with E-state index in [0.717, 1.165) is 18.1 Å². The van der Waals surface area contributed by atoms with Crippen molar-refractivity contribution >= 4 is 60.8 Å². The molecule has 13 nitrogen and oxygen atoms in total. The monoisotopic (exact) mass is 504 g/mol. The van der Waals surface area contributed by atoms with Gasteiger partial charge in [-0.15, -0.1) is 0 Å². The van der Waals surface area contributed by atoms with E-state index in [1.165, 1.54) is 12.1 Å². The van der Waals surface area contributed by atoms with E-state index in [9.17, 15) is 21.6 Å². The summed E-state index contributed by atoms with van der Waals surface area (Å²) in [5.41, 5.74) is 11.5. The van der Waals surface area contributed by atoms with Gasteiger partial charge in [0, 0.05) is 6.54 Å². The van der Waals surface area contributed by atoms with Gasteiger partial charge in [-0.3, -0.25) is 15.5 Å². The van der Waals surface area contributed by atoms with Crippen LogP contribution in [0.2, 0.25) is 5.15 Å². The normalized spacial score (nSPS) is 11.6. The van der Waals surface area contributed by atoms with Crippen molar-refractivity contribution in [3.05, 3.63) is 40.7 Å². The van der Waals surface area contributed by atoms with Crippen LogP contribution in [0.1, 0.15) is 16.1 Å². The van der Waals surface area contributed by atoms with Crippen LogP contribution in [0.5, 0.6) is 0 Å². The van der Waals surface area contributed by atoms with Crippen molar-refractivity contribution in [1.82, 2.24) is 20.6 Å². The van der Waals surface area contributed by atoms with E-state index >= 15 is 0 Å². The van der Waals surface area contributed by atoms with E-state index < -0.39 is 26.0 Å². The van der Waals surface area contributed by atoms with Gasteiger partial charge in [-0.05, 0) is 24.1 Å². The van der Waals surface area contributed by atoms with Gasteiger partial charge in [0.1, 0.15) is 0 Å². The van der Waals surface area contributed by atoms with Gasteiger partial charge in [-0.1, -0.05) is 23.7 Å². The van der Waals surface area contributed by atoms with Crippen LogP contribution < -0.4 is 25.8 Å². The molecule has 0 saturated heterocycles. The molecule has 16 heteroatoms. The van der Waals surface area contributed by atoms with E-state index in [-0.39, 0.29) is 40.7 Å². The Kier molecular flexibility index (Phi) is 7.48. The Hall–Kier alpha value is -3.17. The van der Waals surface area contributed by atoms with E-state index in [0.29, 0.717) is 10.1 Å². The Bertz CT molecular complexity index is 1220. The number of guanidine groups is 1. The average Bonchev–Trinajstić information content (AvgIpc) is 2.63. The Balaban J connectivity index is 1.96. The third kappa shape index (κ3) is 6.41. The first-order chi connectivity index (χ1) is 14.7. The van der Waals surface area contributed by atoms with Crippen LogP contribution >= 0.6 is 11.6 Å². The molecule has 0 spiro atoms. The number of anilines is 3. The summed E-state index contributed by atoms with van der Waals surface area (Å²) in [6.45, 7) is 0.226. The minimum atomic E-state index is -4.03. The van der Waals surface area contributed by atoms with Crippen molar-refractivity contribution in [1.29, 1.82) is 5.41 Å². The van der Waals surface area contributed by atoms with Gasteiger partial charge >= 0.3 is 0 Å². The van der Waals surface area contributed by atoms with E-state index in [2.05, 4.69) is 20.6 Å². The summed E-state index contributed by atoms with van der Waals surface area (Å²) in [5, 5.41) is 12.5. The smallest absolute Gasteiger partial charge is 0.280 e. The summed E-state index contributed by atoms with van der Waals surface area (Å²) >= 11 is 5.73. The molecule has 1 heterocycles. The molecule has 32 heavy (non-hydrogen) atoms. The second-order valence-electron chi connectivity index (χ2n) is 6.53. The molecule has 0 bridgehead atoms. The number of hydrogen-bond donors (Lipinski definition) is 5. The molecule has 1 aromatic heterocycles. The Morgan fingerprint density at radius 3 is 2.16 bits per heavy atom. The number of amides is 1. The van der Waals surface area contributed by atoms with Crippen molar-refractivity contribution in [2.24, 2.45) is 0 Å². The number of aromatic nitrogens is 2. The SMILES string of the molecule is CS(=O)(=O)N(c1ccc(CCNC(=N)NC(=O)c2nc(Cl)c(N)nc2N)cc1)S(C)(=O)=O. The van der Waals surface area contributed by atoms with Crippen molar-refractivity contribution in [2.75, 3.05) is 34.2 Å². The summed E-state index contributed by atoms with van der Waals surface area (Å²) in [7, 11) is -8.06. The number of nitrogens with two attached hydrogens (primary N) is 2. The number of sulfonamides is 2. The van der Waals surface area contributed by atoms with Crippen molar-refractivity contribution < 1.29 is 21.6 Å². The number of rotatable bonds is 7. The van der Waals surface area contributed by atoms with E-state index in [1.807, 2.05) is 0 Å². The lowest BCUT2D eigenvalue weighted by Crippen LogP contribution is -2.41. The molecule has 0 radical (unpaired) electrons. The zero-order valence-corrected chi connectivity index (χ0v) is 19.3. The molecule has 0 saturated carbocycles. The molecule has 0 unspecified atom stereocenters. The largest absolute Gasteiger partial charge is 0.382 e. The summed E-state index contributed by atoms with van der Waals surface area (Å²) in [5.74, 6) is -1.51. The van der Waals surface area contributed by atoms with Gasteiger partial charge in [0.05, 0.1) is 18.2 Å². The lowest BCUT2D eigenvalue weighted by molar-refractivity contribution is 0.0971. The second-order valence-corrected chi connectivity index (χ2v) is 10.8. The highest BCUT2D eigenvalue weighted by atomic mass is 35.5. The fraction of sp³-hybridized carbons (Fsp3) is 0.250. The first kappa shape index (κ1) is 25.1. The molecular weight excluding hydrogens is 484 g/mol. The van der Waals surface area contributed by atoms with Gasteiger partial charge < -0.3 is 16.8 Å². The summed E-state index contributed by atoms with van der Waals surface area (Å²) in [4.78, 5) is 19.6. The van der Waals surface area contributed by atoms with E-state index in [4.69, 9.17) is 28.5 Å². The number of nitrogens with zero attached hydrogens (tertiary/aromatic N) is 3. The molecule has 1 aromatic carbocycles. The van der Waals surface area contributed by atoms with Gasteiger partial charge in [0.2, 0.25) is 20.0 Å². The Labute approximate surface area is 189 Å². The molecule has 2 rings (SSSR count). The highest BCUT2D eigenvalue weighted by molar-refractivity contribution is 8.09. The van der Waals surface area contributed by atoms with Gasteiger partial charge in [0.15, 0.2) is 28.4 Å². The van der Waals surface area contributed by atoms with E-state index in [1.54, 1.807) is 12.1 Å². The number of nitrogen functional groups attached to an aromatic ring is 2. The standard InChI is InChI=1S/C16H21ClN8O5S2/c1-31(27,28)25(32(2,29)30)10-5-3-9(4-6-10)7-8-21-16(20)24-15(26)11-13(18)23-14(19)12(17)22-11/h3-6H,7-8H2,1-2H3,(H4,18,19,23)(H3,20,21,24,26). The van der Waals surface area contributed by atoms with Crippen LogP contribution in [-0.4, -0.2) is 57.7 Å². The van der Waals surface area contributed by atoms with Crippen LogP contribution in [0.3, 0.4) is 0 Å². The topological polar surface area (TPSA) is 214 Å². The lowest BCUT2D eigenvalue weighted by Gasteiger charge is -2.19. The quantitative estimate of drug-likeness (QED) is 0.241. The molecule has 0 atom stereocenters. The second kappa shape index (κ2) is 9.54. The highest BCUT2D eigenvalue weighted by Gasteiger charge is 2.27. The maximum Gasteiger partial charge on any atom is 0.280 e. The maximum atomic E-state index is 12.2. The van der Waals surface area contributed by atoms with Crippen LogP contribution in [0.4, 0.5) is 17.3 Å². The summed E-state index contributed by atoms with van der Waals surface area (Å²) < 4.78 is 47.6. The molecule has 7 N–H and O–H groups in total. The zero-order chi connectivity index (χ0) is 24.3. The third-order valence-electron chi connectivity index (χ3n) is 3.82. The van der Waals surface area contributed by atoms with Crippen LogP contribution in [-0.2, 0) is 26.5 Å². The number of benzene rings is 1. The fourth-order valence-electron chi connectivity index (χ4n) is 2.57. The Morgan fingerprint density at radius 1 is 1.06 bits per heavy atom. The first-order valence-electron chi connectivity index (χ1n) is 8.72. The summed E-state index contributed by atoms with van der Waals surface area (Å²) in [6.07, 6.45) is 1.97. The van der Waals surface area contributed by atoms with Crippen LogP contribution in [0.15, 0.2) is 24.3 Å². The number of halogens is 1. The number of carbonyl (C=O) groups is 1. The highest BCUT2D eigenvalue weighted by Crippen LogP contribution is 2.21. The molecule has 0 aliphatic carbocycles. The van der Waals surface area contributed by atoms with Gasteiger partial charge in [-0.25, -0.2) is 26.8 Å². The molecule has 0 aliphatic heterocycles. The number of nitrogens with one attached hydrogen (secondary N) is 3. The fourth-order valence-corrected chi connectivity index (χ4v) is 5.67. The summed E-state index contributed by atoms with van der Waals surface area (Å²) in [6, 6.07) is 5.82. The minimum Gasteiger partial charge on any atom is -0.382 e. The maximum absolute atomic E-state index is 12.2.